The molecule has 0 saturated carbocycles. The number of aliphatic imine (C=N–C) groups is 1. The van der Waals surface area contributed by atoms with E-state index in [0.29, 0.717) is 44.2 Å². The molecule has 0 spiro atoms. The van der Waals surface area contributed by atoms with Gasteiger partial charge in [0.15, 0.2) is 5.96 Å². The molecule has 2 aliphatic rings. The van der Waals surface area contributed by atoms with Crippen LogP contribution in [-0.2, 0) is 20.7 Å². The maximum Gasteiger partial charge on any atom is 0.306 e. The lowest BCUT2D eigenvalue weighted by Gasteiger charge is -2.33. The van der Waals surface area contributed by atoms with Crippen LogP contribution in [0.15, 0.2) is 53.8 Å². The molecule has 2 unspecified atom stereocenters. The summed E-state index contributed by atoms with van der Waals surface area (Å²) in [5, 5.41) is 15.9. The molecule has 0 bridgehead atoms. The summed E-state index contributed by atoms with van der Waals surface area (Å²) in [7, 11) is 1.43. The van der Waals surface area contributed by atoms with Gasteiger partial charge in [-0.05, 0) is 73.3 Å². The number of carbonyl (C=O) groups excluding carboxylic acids is 2. The molecule has 204 valence electrons. The SMILES string of the molecule is COC(=O)CC(CCC1CCN(C(=O)CCc2cccc(NC3=NCC(O)CN3)c2)CC1)c1cccnc1. The van der Waals surface area contributed by atoms with Crippen molar-refractivity contribution in [3.63, 3.8) is 0 Å². The summed E-state index contributed by atoms with van der Waals surface area (Å²) >= 11 is 0. The van der Waals surface area contributed by atoms with Crippen molar-refractivity contribution in [1.82, 2.24) is 15.2 Å². The molecule has 0 radical (unpaired) electrons. The quantitative estimate of drug-likeness (QED) is 0.412. The molecule has 1 fully saturated rings. The molecule has 1 aromatic heterocycles. The Morgan fingerprint density at radius 1 is 1.24 bits per heavy atom. The number of β-amino-alcohol motifs (C(OH)–C–C–N with tert-alkyl or cyclic N) is 1. The Morgan fingerprint density at radius 2 is 2.08 bits per heavy atom. The molecular formula is C29H39N5O4. The fraction of sp³-hybridized carbons (Fsp3) is 0.517. The van der Waals surface area contributed by atoms with Crippen molar-refractivity contribution in [3.8, 4) is 0 Å². The van der Waals surface area contributed by atoms with Crippen molar-refractivity contribution < 1.29 is 19.4 Å². The molecule has 2 atom stereocenters. The molecule has 1 amide bonds. The highest BCUT2D eigenvalue weighted by atomic mass is 16.5. The van der Waals surface area contributed by atoms with Crippen LogP contribution >= 0.6 is 0 Å². The second-order valence-corrected chi connectivity index (χ2v) is 10.2. The van der Waals surface area contributed by atoms with Crippen molar-refractivity contribution in [2.75, 3.05) is 38.6 Å². The standard InChI is InChI=1S/C29H39N5O4/c1-38-28(37)17-23(24-5-3-13-30-18-24)9-7-21-11-14-34(15-12-21)27(36)10-8-22-4-2-6-25(16-22)33-29-31-19-26(35)20-32-29/h2-6,13,16,18,21,23,26,35H,7-12,14-15,17,19-20H2,1H3,(H2,31,32,33). The molecule has 4 rings (SSSR count). The van der Waals surface area contributed by atoms with E-state index in [2.05, 4.69) is 20.6 Å². The number of amides is 1. The number of guanidine groups is 1. The molecule has 3 N–H and O–H groups in total. The lowest BCUT2D eigenvalue weighted by Crippen LogP contribution is -2.42. The van der Waals surface area contributed by atoms with Crippen LogP contribution in [0, 0.1) is 5.92 Å². The smallest absolute Gasteiger partial charge is 0.306 e. The van der Waals surface area contributed by atoms with Crippen molar-refractivity contribution in [3.05, 3.63) is 59.9 Å². The van der Waals surface area contributed by atoms with Crippen LogP contribution in [0.1, 0.15) is 55.6 Å². The average molecular weight is 522 g/mol. The van der Waals surface area contributed by atoms with Crippen molar-refractivity contribution >= 4 is 23.5 Å². The highest BCUT2D eigenvalue weighted by Crippen LogP contribution is 2.30. The van der Waals surface area contributed by atoms with Gasteiger partial charge in [0.25, 0.3) is 0 Å². The second-order valence-electron chi connectivity index (χ2n) is 10.2. The number of hydrogen-bond donors (Lipinski definition) is 3. The number of anilines is 1. The monoisotopic (exact) mass is 521 g/mol. The van der Waals surface area contributed by atoms with Gasteiger partial charge in [0.2, 0.25) is 5.91 Å². The summed E-state index contributed by atoms with van der Waals surface area (Å²) in [4.78, 5) is 35.4. The number of rotatable bonds is 10. The highest BCUT2D eigenvalue weighted by Gasteiger charge is 2.25. The van der Waals surface area contributed by atoms with Crippen LogP contribution in [-0.4, -0.2) is 72.2 Å². The van der Waals surface area contributed by atoms with Crippen LogP contribution in [0.25, 0.3) is 0 Å². The molecule has 9 heteroatoms. The van der Waals surface area contributed by atoms with E-state index in [0.717, 1.165) is 55.6 Å². The summed E-state index contributed by atoms with van der Waals surface area (Å²) in [5.41, 5.74) is 3.09. The Bertz CT molecular complexity index is 1090. The number of nitrogens with one attached hydrogen (secondary N) is 2. The normalized spacial score (nSPS) is 18.7. The number of piperidine rings is 1. The van der Waals surface area contributed by atoms with E-state index in [1.54, 1.807) is 6.20 Å². The van der Waals surface area contributed by atoms with Crippen LogP contribution in [0.3, 0.4) is 0 Å². The van der Waals surface area contributed by atoms with Crippen molar-refractivity contribution in [2.24, 2.45) is 10.9 Å². The molecule has 0 aliphatic carbocycles. The Labute approximate surface area is 224 Å². The molecule has 38 heavy (non-hydrogen) atoms. The molecule has 2 aromatic rings. The number of aliphatic hydroxyl groups excluding tert-OH is 1. The Hall–Kier alpha value is -3.46. The van der Waals surface area contributed by atoms with Gasteiger partial charge in [-0.25, -0.2) is 0 Å². The van der Waals surface area contributed by atoms with Crippen molar-refractivity contribution in [2.45, 2.75) is 57.0 Å². The van der Waals surface area contributed by atoms with E-state index in [4.69, 9.17) is 4.74 Å². The lowest BCUT2D eigenvalue weighted by molar-refractivity contribution is -0.141. The third-order valence-electron chi connectivity index (χ3n) is 7.47. The van der Waals surface area contributed by atoms with Gasteiger partial charge in [-0.15, -0.1) is 0 Å². The molecular weight excluding hydrogens is 482 g/mol. The number of likely N-dealkylation sites (tertiary alicyclic amines) is 1. The molecule has 3 heterocycles. The number of pyridine rings is 1. The summed E-state index contributed by atoms with van der Waals surface area (Å²) in [6.45, 7) is 2.45. The van der Waals surface area contributed by atoms with Gasteiger partial charge in [0.1, 0.15) is 0 Å². The predicted molar refractivity (Wildman–Crippen MR) is 147 cm³/mol. The number of carbonyl (C=O) groups is 2. The first-order valence-electron chi connectivity index (χ1n) is 13.6. The Kier molecular flexibility index (Phi) is 10.1. The van der Waals surface area contributed by atoms with Gasteiger partial charge in [0, 0.05) is 44.1 Å². The number of esters is 1. The number of methoxy groups -OCH3 is 1. The topological polar surface area (TPSA) is 116 Å². The number of aliphatic hydroxyl groups is 1. The van der Waals surface area contributed by atoms with Gasteiger partial charge >= 0.3 is 5.97 Å². The van der Waals surface area contributed by atoms with Gasteiger partial charge < -0.3 is 25.4 Å². The molecule has 1 saturated heterocycles. The van der Waals surface area contributed by atoms with Crippen LogP contribution < -0.4 is 10.6 Å². The lowest BCUT2D eigenvalue weighted by atomic mass is 9.85. The number of aromatic nitrogens is 1. The van der Waals surface area contributed by atoms with Gasteiger partial charge in [-0.1, -0.05) is 18.2 Å². The zero-order valence-electron chi connectivity index (χ0n) is 22.1. The zero-order chi connectivity index (χ0) is 26.7. The maximum absolute atomic E-state index is 12.9. The van der Waals surface area contributed by atoms with Crippen LogP contribution in [0.5, 0.6) is 0 Å². The van der Waals surface area contributed by atoms with Crippen molar-refractivity contribution in [1.29, 1.82) is 0 Å². The fourth-order valence-corrected chi connectivity index (χ4v) is 5.16. The summed E-state index contributed by atoms with van der Waals surface area (Å²) in [5.74, 6) is 1.32. The fourth-order valence-electron chi connectivity index (χ4n) is 5.16. The van der Waals surface area contributed by atoms with E-state index < -0.39 is 6.10 Å². The molecule has 9 nitrogen and oxygen atoms in total. The van der Waals surface area contributed by atoms with E-state index in [1.165, 1.54) is 7.11 Å². The minimum atomic E-state index is -0.446. The van der Waals surface area contributed by atoms with E-state index >= 15 is 0 Å². The average Bonchev–Trinajstić information content (AvgIpc) is 2.96. The van der Waals surface area contributed by atoms with E-state index in [9.17, 15) is 14.7 Å². The number of nitrogens with zero attached hydrogens (tertiary/aromatic N) is 3. The van der Waals surface area contributed by atoms with E-state index in [-0.39, 0.29) is 17.8 Å². The minimum absolute atomic E-state index is 0.105. The van der Waals surface area contributed by atoms with Gasteiger partial charge in [-0.3, -0.25) is 19.6 Å². The highest BCUT2D eigenvalue weighted by molar-refractivity contribution is 5.94. The van der Waals surface area contributed by atoms with Gasteiger partial charge in [0.05, 0.1) is 26.2 Å². The van der Waals surface area contributed by atoms with Gasteiger partial charge in [-0.2, -0.15) is 0 Å². The second kappa shape index (κ2) is 13.9. The molecule has 1 aromatic carbocycles. The maximum atomic E-state index is 12.9. The first-order chi connectivity index (χ1) is 18.5. The number of ether oxygens (including phenoxy) is 1. The number of aryl methyl sites for hydroxylation is 1. The first-order valence-corrected chi connectivity index (χ1v) is 13.6. The minimum Gasteiger partial charge on any atom is -0.469 e. The number of hydrogen-bond acceptors (Lipinski definition) is 8. The zero-order valence-corrected chi connectivity index (χ0v) is 22.1. The van der Waals surface area contributed by atoms with Crippen LogP contribution in [0.2, 0.25) is 0 Å². The largest absolute Gasteiger partial charge is 0.469 e. The third kappa shape index (κ3) is 8.28. The Balaban J connectivity index is 1.20. The van der Waals surface area contributed by atoms with Crippen LogP contribution in [0.4, 0.5) is 5.69 Å². The summed E-state index contributed by atoms with van der Waals surface area (Å²) in [6.07, 6.45) is 8.60. The molecule has 2 aliphatic heterocycles. The summed E-state index contributed by atoms with van der Waals surface area (Å²) < 4.78 is 4.91. The Morgan fingerprint density at radius 3 is 2.79 bits per heavy atom. The first kappa shape index (κ1) is 27.6. The van der Waals surface area contributed by atoms with E-state index in [1.807, 2.05) is 47.5 Å². The number of benzene rings is 1. The summed E-state index contributed by atoms with van der Waals surface area (Å²) in [6, 6.07) is 12.0. The third-order valence-corrected chi connectivity index (χ3v) is 7.47. The predicted octanol–water partition coefficient (Wildman–Crippen LogP) is 3.11.